The van der Waals surface area contributed by atoms with Crippen LogP contribution in [-0.4, -0.2) is 31.6 Å². The zero-order valence-electron chi connectivity index (χ0n) is 13.2. The third-order valence-corrected chi connectivity index (χ3v) is 4.51. The largest absolute Gasteiger partial charge is 0.493 e. The van der Waals surface area contributed by atoms with Gasteiger partial charge < -0.3 is 9.64 Å². The Morgan fingerprint density at radius 1 is 1.00 bits per heavy atom. The molecule has 1 heterocycles. The normalized spacial score (nSPS) is 22.0. The van der Waals surface area contributed by atoms with Gasteiger partial charge in [-0.25, -0.2) is 8.78 Å². The van der Waals surface area contributed by atoms with Gasteiger partial charge in [0.15, 0.2) is 0 Å². The standard InChI is InChI=1S/C19H21F2NO/c1-22-11-10-19(14-2-4-16(20)5-3-14)15(12-22)13-23-18-8-6-17(21)7-9-18/h2-9,15,19H,10-13H2,1H3/t15-,19-/m0/s1. The molecule has 122 valence electrons. The minimum absolute atomic E-state index is 0.208. The molecule has 1 aliphatic heterocycles. The van der Waals surface area contributed by atoms with Crippen molar-refractivity contribution in [2.45, 2.75) is 12.3 Å². The predicted octanol–water partition coefficient (Wildman–Crippen LogP) is 4.08. The maximum Gasteiger partial charge on any atom is 0.123 e. The molecule has 23 heavy (non-hydrogen) atoms. The molecular weight excluding hydrogens is 296 g/mol. The van der Waals surface area contributed by atoms with Crippen LogP contribution in [0.15, 0.2) is 48.5 Å². The van der Waals surface area contributed by atoms with Crippen LogP contribution in [0.5, 0.6) is 5.75 Å². The zero-order valence-corrected chi connectivity index (χ0v) is 13.2. The molecule has 0 unspecified atom stereocenters. The van der Waals surface area contributed by atoms with E-state index in [1.165, 1.54) is 24.3 Å². The number of piperidine rings is 1. The van der Waals surface area contributed by atoms with Crippen LogP contribution < -0.4 is 4.74 Å². The Morgan fingerprint density at radius 2 is 1.61 bits per heavy atom. The summed E-state index contributed by atoms with van der Waals surface area (Å²) in [5.41, 5.74) is 1.16. The molecule has 1 saturated heterocycles. The fraction of sp³-hybridized carbons (Fsp3) is 0.368. The lowest BCUT2D eigenvalue weighted by atomic mass is 9.81. The minimum atomic E-state index is -0.265. The smallest absolute Gasteiger partial charge is 0.123 e. The highest BCUT2D eigenvalue weighted by molar-refractivity contribution is 5.24. The van der Waals surface area contributed by atoms with Gasteiger partial charge in [-0.3, -0.25) is 0 Å². The predicted molar refractivity (Wildman–Crippen MR) is 86.6 cm³/mol. The lowest BCUT2D eigenvalue weighted by Gasteiger charge is -2.37. The summed E-state index contributed by atoms with van der Waals surface area (Å²) in [5.74, 6) is 0.883. The third kappa shape index (κ3) is 4.08. The summed E-state index contributed by atoms with van der Waals surface area (Å²) >= 11 is 0. The first-order chi connectivity index (χ1) is 11.1. The first kappa shape index (κ1) is 15.9. The quantitative estimate of drug-likeness (QED) is 0.842. The van der Waals surface area contributed by atoms with Gasteiger partial charge in [0.05, 0.1) is 6.61 Å². The van der Waals surface area contributed by atoms with Crippen molar-refractivity contribution in [2.24, 2.45) is 5.92 Å². The average molecular weight is 317 g/mol. The summed E-state index contributed by atoms with van der Waals surface area (Å²) < 4.78 is 32.0. The molecule has 0 radical (unpaired) electrons. The maximum absolute atomic E-state index is 13.2. The van der Waals surface area contributed by atoms with E-state index in [1.54, 1.807) is 12.1 Å². The van der Waals surface area contributed by atoms with Gasteiger partial charge in [0.25, 0.3) is 0 Å². The van der Waals surface area contributed by atoms with E-state index in [1.807, 2.05) is 12.1 Å². The SMILES string of the molecule is CN1CC[C@@H](c2ccc(F)cc2)[C@H](COc2ccc(F)cc2)C1. The summed E-state index contributed by atoms with van der Waals surface area (Å²) in [7, 11) is 2.10. The number of benzene rings is 2. The third-order valence-electron chi connectivity index (χ3n) is 4.51. The van der Waals surface area contributed by atoms with E-state index in [0.717, 1.165) is 25.1 Å². The molecular formula is C19H21F2NO. The molecule has 4 heteroatoms. The Balaban J connectivity index is 1.70. The summed E-state index contributed by atoms with van der Waals surface area (Å²) in [6.07, 6.45) is 1.03. The summed E-state index contributed by atoms with van der Waals surface area (Å²) in [4.78, 5) is 2.29. The first-order valence-electron chi connectivity index (χ1n) is 7.94. The molecule has 3 rings (SSSR count). The van der Waals surface area contributed by atoms with Gasteiger partial charge in [-0.1, -0.05) is 12.1 Å². The Labute approximate surface area is 135 Å². The van der Waals surface area contributed by atoms with Crippen LogP contribution in [0.1, 0.15) is 17.9 Å². The van der Waals surface area contributed by atoms with Crippen molar-refractivity contribution in [3.8, 4) is 5.75 Å². The van der Waals surface area contributed by atoms with E-state index >= 15 is 0 Å². The molecule has 0 bridgehead atoms. The Morgan fingerprint density at radius 3 is 2.26 bits per heavy atom. The second-order valence-electron chi connectivity index (χ2n) is 6.23. The highest BCUT2D eigenvalue weighted by Gasteiger charge is 2.29. The summed E-state index contributed by atoms with van der Waals surface area (Å²) in [6.45, 7) is 2.52. The molecule has 2 aromatic rings. The van der Waals surface area contributed by atoms with Gasteiger partial charge in [-0.2, -0.15) is 0 Å². The van der Waals surface area contributed by atoms with Crippen LogP contribution in [0.2, 0.25) is 0 Å². The molecule has 0 aliphatic carbocycles. The monoisotopic (exact) mass is 317 g/mol. The van der Waals surface area contributed by atoms with Gasteiger partial charge in [0, 0.05) is 12.5 Å². The van der Waals surface area contributed by atoms with E-state index in [-0.39, 0.29) is 11.6 Å². The first-order valence-corrected chi connectivity index (χ1v) is 7.94. The van der Waals surface area contributed by atoms with Crippen molar-refractivity contribution < 1.29 is 13.5 Å². The van der Waals surface area contributed by atoms with Crippen LogP contribution in [0.25, 0.3) is 0 Å². The fourth-order valence-corrected chi connectivity index (χ4v) is 3.27. The van der Waals surface area contributed by atoms with Gasteiger partial charge in [-0.15, -0.1) is 0 Å². The number of likely N-dealkylation sites (tertiary alicyclic amines) is 1. The lowest BCUT2D eigenvalue weighted by molar-refractivity contribution is 0.129. The van der Waals surface area contributed by atoms with Crippen LogP contribution in [0.4, 0.5) is 8.78 Å². The van der Waals surface area contributed by atoms with Crippen molar-refractivity contribution in [1.29, 1.82) is 0 Å². The van der Waals surface area contributed by atoms with Crippen molar-refractivity contribution in [3.63, 3.8) is 0 Å². The Hall–Kier alpha value is -1.94. The zero-order chi connectivity index (χ0) is 16.2. The minimum Gasteiger partial charge on any atom is -0.493 e. The van der Waals surface area contributed by atoms with Crippen molar-refractivity contribution >= 4 is 0 Å². The van der Waals surface area contributed by atoms with Gasteiger partial charge in [-0.05, 0) is 67.9 Å². The number of hydrogen-bond acceptors (Lipinski definition) is 2. The van der Waals surface area contributed by atoms with E-state index in [0.29, 0.717) is 24.2 Å². The second-order valence-corrected chi connectivity index (χ2v) is 6.23. The molecule has 0 amide bonds. The molecule has 0 N–H and O–H groups in total. The molecule has 1 fully saturated rings. The van der Waals surface area contributed by atoms with Crippen LogP contribution in [-0.2, 0) is 0 Å². The Bertz CT molecular complexity index is 627. The van der Waals surface area contributed by atoms with Crippen molar-refractivity contribution in [1.82, 2.24) is 4.90 Å². The summed E-state index contributed by atoms with van der Waals surface area (Å²) in [5, 5.41) is 0. The topological polar surface area (TPSA) is 12.5 Å². The number of rotatable bonds is 4. The van der Waals surface area contributed by atoms with Crippen LogP contribution in [0, 0.1) is 17.6 Å². The number of hydrogen-bond donors (Lipinski definition) is 0. The fourth-order valence-electron chi connectivity index (χ4n) is 3.27. The van der Waals surface area contributed by atoms with E-state index in [4.69, 9.17) is 4.74 Å². The van der Waals surface area contributed by atoms with Crippen molar-refractivity contribution in [3.05, 3.63) is 65.7 Å². The van der Waals surface area contributed by atoms with Crippen LogP contribution in [0.3, 0.4) is 0 Å². The molecule has 0 aromatic heterocycles. The lowest BCUT2D eigenvalue weighted by Crippen LogP contribution is -2.39. The molecule has 0 spiro atoms. The average Bonchev–Trinajstić information content (AvgIpc) is 2.55. The van der Waals surface area contributed by atoms with Crippen LogP contribution >= 0.6 is 0 Å². The number of nitrogens with zero attached hydrogens (tertiary/aromatic N) is 1. The Kier molecular flexibility index (Phi) is 4.91. The second kappa shape index (κ2) is 7.09. The number of halogens is 2. The summed E-state index contributed by atoms with van der Waals surface area (Å²) in [6, 6.07) is 12.9. The molecule has 0 saturated carbocycles. The van der Waals surface area contributed by atoms with Gasteiger partial charge in [0.1, 0.15) is 17.4 Å². The number of ether oxygens (including phenoxy) is 1. The van der Waals surface area contributed by atoms with E-state index < -0.39 is 0 Å². The molecule has 1 aliphatic rings. The molecule has 2 atom stereocenters. The van der Waals surface area contributed by atoms with Crippen molar-refractivity contribution in [2.75, 3.05) is 26.7 Å². The van der Waals surface area contributed by atoms with Gasteiger partial charge >= 0.3 is 0 Å². The highest BCUT2D eigenvalue weighted by Crippen LogP contribution is 2.33. The molecule has 2 nitrogen and oxygen atoms in total. The van der Waals surface area contributed by atoms with Gasteiger partial charge in [0.2, 0.25) is 0 Å². The van der Waals surface area contributed by atoms with E-state index in [9.17, 15) is 8.78 Å². The molecule has 2 aromatic carbocycles. The van der Waals surface area contributed by atoms with E-state index in [2.05, 4.69) is 11.9 Å². The maximum atomic E-state index is 13.2. The highest BCUT2D eigenvalue weighted by atomic mass is 19.1.